The SMILES string of the molecule is CC(=O)[O-].O=C([O-])[CH2][Zn].[Zn+2]. The Morgan fingerprint density at radius 2 is 1.50 bits per heavy atom. The van der Waals surface area contributed by atoms with Gasteiger partial charge in [0.15, 0.2) is 0 Å². The number of aliphatic carboxylic acids is 2. The number of hydrogen-bond donors (Lipinski definition) is 0. The number of carbonyl (C=O) groups is 2. The Morgan fingerprint density at radius 3 is 1.50 bits per heavy atom. The molecule has 0 aliphatic heterocycles. The first kappa shape index (κ1) is 16.6. The molecule has 0 amide bonds. The first-order valence-corrected chi connectivity index (χ1v) is 4.27. The molecule has 10 heavy (non-hydrogen) atoms. The number of hydrogen-bond acceptors (Lipinski definition) is 4. The Morgan fingerprint density at radius 1 is 1.40 bits per heavy atom. The van der Waals surface area contributed by atoms with Crippen molar-refractivity contribution in [3.63, 3.8) is 0 Å². The van der Waals surface area contributed by atoms with Crippen LogP contribution in [0.3, 0.4) is 0 Å². The second-order valence-corrected chi connectivity index (χ2v) is 2.16. The van der Waals surface area contributed by atoms with Crippen LogP contribution in [-0.4, -0.2) is 11.9 Å². The van der Waals surface area contributed by atoms with Crippen molar-refractivity contribution < 1.29 is 57.6 Å². The van der Waals surface area contributed by atoms with Crippen LogP contribution in [-0.2, 0) is 47.4 Å². The van der Waals surface area contributed by atoms with Crippen molar-refractivity contribution in [1.82, 2.24) is 0 Å². The van der Waals surface area contributed by atoms with E-state index < -0.39 is 11.9 Å². The van der Waals surface area contributed by atoms with Gasteiger partial charge in [0.05, 0.1) is 0 Å². The molecule has 0 heterocycles. The standard InChI is InChI=1S/C2H4O2.C2H3O2.2Zn/c2*1-2(3)4;;/h1H3,(H,3,4);1H2,(H,3,4);;/q;;;+2/p-2. The van der Waals surface area contributed by atoms with E-state index >= 15 is 0 Å². The molecule has 6 heteroatoms. The Balaban J connectivity index is -0.0000000910. The van der Waals surface area contributed by atoms with Crippen LogP contribution < -0.4 is 10.2 Å². The fraction of sp³-hybridized carbons (Fsp3) is 0.500. The van der Waals surface area contributed by atoms with Crippen molar-refractivity contribution in [1.29, 1.82) is 0 Å². The topological polar surface area (TPSA) is 80.3 Å². The summed E-state index contributed by atoms with van der Waals surface area (Å²) in [4.78, 5) is 18.2. The van der Waals surface area contributed by atoms with Crippen LogP contribution in [0.25, 0.3) is 0 Å². The quantitative estimate of drug-likeness (QED) is 0.478. The Labute approximate surface area is 81.4 Å². The summed E-state index contributed by atoms with van der Waals surface area (Å²) in [7, 11) is 0. The molecule has 0 radical (unpaired) electrons. The van der Waals surface area contributed by atoms with Gasteiger partial charge >= 0.3 is 58.7 Å². The zero-order chi connectivity index (χ0) is 7.86. The van der Waals surface area contributed by atoms with Gasteiger partial charge in [-0.25, -0.2) is 0 Å². The minimum Gasteiger partial charge on any atom is 2.00 e. The van der Waals surface area contributed by atoms with Crippen molar-refractivity contribution in [2.75, 3.05) is 0 Å². The van der Waals surface area contributed by atoms with Crippen LogP contribution in [0.4, 0.5) is 0 Å². The Kier molecular flexibility index (Phi) is 19.8. The summed E-state index contributed by atoms with van der Waals surface area (Å²) in [6.07, 6.45) is 0. The van der Waals surface area contributed by atoms with Gasteiger partial charge in [-0.1, -0.05) is 0 Å². The largest absolute Gasteiger partial charge is 2.00 e. The third kappa shape index (κ3) is 88.4. The van der Waals surface area contributed by atoms with Gasteiger partial charge in [0, 0.05) is 5.97 Å². The zero-order valence-corrected chi connectivity index (χ0v) is 11.7. The summed E-state index contributed by atoms with van der Waals surface area (Å²) in [5.74, 6) is -2.02. The second kappa shape index (κ2) is 11.9. The van der Waals surface area contributed by atoms with Crippen LogP contribution in [0.2, 0.25) is 5.02 Å². The van der Waals surface area contributed by atoms with Crippen molar-refractivity contribution in [3.8, 4) is 0 Å². The van der Waals surface area contributed by atoms with E-state index in [1.807, 2.05) is 0 Å². The summed E-state index contributed by atoms with van der Waals surface area (Å²) < 4.78 is 0. The van der Waals surface area contributed by atoms with Gasteiger partial charge in [0.1, 0.15) is 0 Å². The fourth-order valence-electron chi connectivity index (χ4n) is 0. The molecule has 0 aliphatic rings. The minimum absolute atomic E-state index is 0. The fourth-order valence-corrected chi connectivity index (χ4v) is 0. The van der Waals surface area contributed by atoms with Crippen LogP contribution in [0.1, 0.15) is 6.92 Å². The minimum atomic E-state index is -1.08. The van der Waals surface area contributed by atoms with E-state index in [1.54, 1.807) is 0 Å². The third-order valence-corrected chi connectivity index (χ3v) is 1.06. The molecule has 0 bridgehead atoms. The van der Waals surface area contributed by atoms with E-state index in [2.05, 4.69) is 0 Å². The number of rotatable bonds is 1. The predicted octanol–water partition coefficient (Wildman–Crippen LogP) is -2.54. The summed E-state index contributed by atoms with van der Waals surface area (Å²) in [6.45, 7) is 0.972. The molecule has 4 nitrogen and oxygen atoms in total. The van der Waals surface area contributed by atoms with Gasteiger partial charge in [-0.2, -0.15) is 0 Å². The van der Waals surface area contributed by atoms with E-state index in [0.29, 0.717) is 0 Å². The summed E-state index contributed by atoms with van der Waals surface area (Å²) >= 11 is 0.794. The van der Waals surface area contributed by atoms with Crippen molar-refractivity contribution >= 4 is 11.9 Å². The smallest absolute Gasteiger partial charge is 2.00 e. The van der Waals surface area contributed by atoms with Gasteiger partial charge < -0.3 is 9.90 Å². The van der Waals surface area contributed by atoms with Crippen LogP contribution in [0.15, 0.2) is 0 Å². The van der Waals surface area contributed by atoms with E-state index in [-0.39, 0.29) is 24.5 Å². The summed E-state index contributed by atoms with van der Waals surface area (Å²) in [5.41, 5.74) is 0. The first-order valence-electron chi connectivity index (χ1n) is 2.17. The molecule has 0 aromatic rings. The molecule has 0 aromatic carbocycles. The summed E-state index contributed by atoms with van der Waals surface area (Å²) in [6, 6.07) is 0. The molecule has 0 aliphatic carbocycles. The van der Waals surface area contributed by atoms with Gasteiger partial charge in [0.2, 0.25) is 0 Å². The van der Waals surface area contributed by atoms with Crippen LogP contribution in [0, 0.1) is 0 Å². The maximum Gasteiger partial charge on any atom is 2.00 e. The average molecular weight is 248 g/mol. The van der Waals surface area contributed by atoms with E-state index in [0.717, 1.165) is 25.2 Å². The van der Waals surface area contributed by atoms with Crippen LogP contribution in [0.5, 0.6) is 0 Å². The van der Waals surface area contributed by atoms with Gasteiger partial charge in [-0.15, -0.1) is 0 Å². The molecular weight excluding hydrogens is 243 g/mol. The molecule has 0 saturated heterocycles. The molecule has 0 rings (SSSR count). The molecular formula is C4H5O4Zn2. The van der Waals surface area contributed by atoms with Gasteiger partial charge in [0.25, 0.3) is 0 Å². The predicted molar refractivity (Wildman–Crippen MR) is 20.5 cm³/mol. The number of carbonyl (C=O) groups excluding carboxylic acids is 2. The van der Waals surface area contributed by atoms with Gasteiger partial charge in [-0.3, -0.25) is 0 Å². The van der Waals surface area contributed by atoms with Gasteiger partial charge in [-0.05, 0) is 6.92 Å². The zero-order valence-electron chi connectivity index (χ0n) is 5.75. The van der Waals surface area contributed by atoms with Crippen molar-refractivity contribution in [2.45, 2.75) is 11.9 Å². The number of carboxylic acids is 2. The van der Waals surface area contributed by atoms with Crippen LogP contribution >= 0.6 is 0 Å². The number of carboxylic acid groups (broad SMARTS) is 2. The van der Waals surface area contributed by atoms with E-state index in [9.17, 15) is 9.90 Å². The van der Waals surface area contributed by atoms with Crippen molar-refractivity contribution in [3.05, 3.63) is 0 Å². The monoisotopic (exact) mass is 245 g/mol. The molecule has 49 valence electrons. The molecule has 0 aromatic heterocycles. The Bertz CT molecular complexity index is 99.4. The Hall–Kier alpha value is 0.187. The maximum atomic E-state index is 9.29. The second-order valence-electron chi connectivity index (χ2n) is 1.11. The summed E-state index contributed by atoms with van der Waals surface area (Å²) in [5, 5.41) is 18.4. The first-order chi connectivity index (χ1) is 4.00. The molecule has 0 N–H and O–H groups in total. The molecule has 0 atom stereocenters. The van der Waals surface area contributed by atoms with Crippen molar-refractivity contribution in [2.24, 2.45) is 0 Å². The molecule has 0 fully saturated rings. The average Bonchev–Trinajstić information content (AvgIpc) is 1.65. The van der Waals surface area contributed by atoms with E-state index in [4.69, 9.17) is 9.90 Å². The molecule has 0 saturated carbocycles. The molecule has 0 spiro atoms. The third-order valence-electron chi connectivity index (χ3n) is 0.204. The maximum absolute atomic E-state index is 9.29. The molecule has 0 unspecified atom stereocenters. The van der Waals surface area contributed by atoms with E-state index in [1.165, 1.54) is 0 Å². The normalized spacial score (nSPS) is 6.30.